The summed E-state index contributed by atoms with van der Waals surface area (Å²) in [7, 11) is 0. The summed E-state index contributed by atoms with van der Waals surface area (Å²) in [6.45, 7) is 6.35. The van der Waals surface area contributed by atoms with Crippen LogP contribution in [-0.2, 0) is 0 Å². The summed E-state index contributed by atoms with van der Waals surface area (Å²) in [6, 6.07) is 5.38. The zero-order chi connectivity index (χ0) is 11.4. The second kappa shape index (κ2) is 5.14. The highest BCUT2D eigenvalue weighted by atomic mass is 16.5. The minimum atomic E-state index is -0.612. The molecule has 0 bridgehead atoms. The molecule has 0 radical (unpaired) electrons. The van der Waals surface area contributed by atoms with Crippen LogP contribution in [0.2, 0.25) is 0 Å². The molecule has 0 aromatic heterocycles. The van der Waals surface area contributed by atoms with Crippen LogP contribution in [0, 0.1) is 6.92 Å². The molecule has 3 heteroatoms. The van der Waals surface area contributed by atoms with Crippen LogP contribution in [0.25, 0.3) is 0 Å². The minimum absolute atomic E-state index is 0.262. The molecule has 15 heavy (non-hydrogen) atoms. The van der Waals surface area contributed by atoms with Crippen molar-refractivity contribution >= 4 is 0 Å². The average molecular weight is 209 g/mol. The molecule has 2 unspecified atom stereocenters. The van der Waals surface area contributed by atoms with Gasteiger partial charge in [-0.15, -0.1) is 0 Å². The Hall–Kier alpha value is -1.06. The Labute approximate surface area is 90.9 Å². The number of rotatable bonds is 4. The normalized spacial score (nSPS) is 14.7. The summed E-state index contributed by atoms with van der Waals surface area (Å²) >= 11 is 0. The van der Waals surface area contributed by atoms with Gasteiger partial charge in [0.05, 0.1) is 12.7 Å². The molecule has 0 saturated heterocycles. The quantitative estimate of drug-likeness (QED) is 0.794. The van der Waals surface area contributed by atoms with Crippen molar-refractivity contribution in [3.63, 3.8) is 0 Å². The molecule has 0 aliphatic rings. The monoisotopic (exact) mass is 209 g/mol. The van der Waals surface area contributed by atoms with Crippen molar-refractivity contribution in [1.29, 1.82) is 0 Å². The fraction of sp³-hybridized carbons (Fsp3) is 0.500. The average Bonchev–Trinajstić information content (AvgIpc) is 2.20. The Kier molecular flexibility index (Phi) is 4.12. The van der Waals surface area contributed by atoms with E-state index in [4.69, 9.17) is 10.5 Å². The van der Waals surface area contributed by atoms with Gasteiger partial charge in [-0.25, -0.2) is 0 Å². The summed E-state index contributed by atoms with van der Waals surface area (Å²) < 4.78 is 5.42. The topological polar surface area (TPSA) is 55.5 Å². The Morgan fingerprint density at radius 2 is 2.13 bits per heavy atom. The molecule has 3 nitrogen and oxygen atoms in total. The van der Waals surface area contributed by atoms with E-state index in [0.717, 1.165) is 16.9 Å². The molecule has 3 N–H and O–H groups in total. The van der Waals surface area contributed by atoms with Crippen LogP contribution >= 0.6 is 0 Å². The Balaban J connectivity index is 2.90. The fourth-order valence-corrected chi connectivity index (χ4v) is 1.48. The molecule has 84 valence electrons. The largest absolute Gasteiger partial charge is 0.494 e. The molecular weight excluding hydrogens is 190 g/mol. The SMILES string of the molecule is CCOc1ccc(C(O)C(C)N)cc1C. The van der Waals surface area contributed by atoms with Gasteiger partial charge in [-0.1, -0.05) is 6.07 Å². The van der Waals surface area contributed by atoms with Gasteiger partial charge in [0.1, 0.15) is 5.75 Å². The first kappa shape index (κ1) is 12.0. The third kappa shape index (κ3) is 2.94. The third-order valence-electron chi connectivity index (χ3n) is 2.34. The van der Waals surface area contributed by atoms with Crippen molar-refractivity contribution in [1.82, 2.24) is 0 Å². The van der Waals surface area contributed by atoms with Crippen LogP contribution < -0.4 is 10.5 Å². The fourth-order valence-electron chi connectivity index (χ4n) is 1.48. The molecule has 0 amide bonds. The number of ether oxygens (including phenoxy) is 1. The Bertz CT molecular complexity index is 323. The first-order valence-electron chi connectivity index (χ1n) is 5.23. The second-order valence-corrected chi connectivity index (χ2v) is 3.76. The molecule has 1 aromatic rings. The van der Waals surface area contributed by atoms with Crippen LogP contribution in [0.3, 0.4) is 0 Å². The first-order valence-corrected chi connectivity index (χ1v) is 5.23. The highest BCUT2D eigenvalue weighted by Crippen LogP contribution is 2.23. The maximum absolute atomic E-state index is 9.78. The summed E-state index contributed by atoms with van der Waals surface area (Å²) in [5.41, 5.74) is 7.49. The van der Waals surface area contributed by atoms with Gasteiger partial charge in [0.2, 0.25) is 0 Å². The third-order valence-corrected chi connectivity index (χ3v) is 2.34. The number of benzene rings is 1. The molecule has 0 heterocycles. The molecule has 2 atom stereocenters. The summed E-state index contributed by atoms with van der Waals surface area (Å²) in [5, 5.41) is 9.78. The van der Waals surface area contributed by atoms with Gasteiger partial charge in [0.25, 0.3) is 0 Å². The number of nitrogens with two attached hydrogens (primary N) is 1. The lowest BCUT2D eigenvalue weighted by molar-refractivity contribution is 0.153. The van der Waals surface area contributed by atoms with Gasteiger partial charge < -0.3 is 15.6 Å². The van der Waals surface area contributed by atoms with E-state index in [9.17, 15) is 5.11 Å². The predicted octanol–water partition coefficient (Wildman–Crippen LogP) is 1.77. The van der Waals surface area contributed by atoms with Crippen LogP contribution in [0.1, 0.15) is 31.1 Å². The molecule has 0 fully saturated rings. The minimum Gasteiger partial charge on any atom is -0.494 e. The van der Waals surface area contributed by atoms with Crippen LogP contribution in [0.5, 0.6) is 5.75 Å². The van der Waals surface area contributed by atoms with Gasteiger partial charge in [-0.2, -0.15) is 0 Å². The van der Waals surface area contributed by atoms with E-state index in [0.29, 0.717) is 6.61 Å². The molecular formula is C12H19NO2. The van der Waals surface area contributed by atoms with Gasteiger partial charge in [0.15, 0.2) is 0 Å². The lowest BCUT2D eigenvalue weighted by atomic mass is 10.0. The van der Waals surface area contributed by atoms with Crippen molar-refractivity contribution in [3.05, 3.63) is 29.3 Å². The molecule has 1 aromatic carbocycles. The first-order chi connectivity index (χ1) is 7.06. The van der Waals surface area contributed by atoms with Crippen molar-refractivity contribution < 1.29 is 9.84 Å². The van der Waals surface area contributed by atoms with E-state index in [1.165, 1.54) is 0 Å². The Morgan fingerprint density at radius 1 is 1.47 bits per heavy atom. The maximum Gasteiger partial charge on any atom is 0.122 e. The molecule has 0 aliphatic carbocycles. The maximum atomic E-state index is 9.78. The highest BCUT2D eigenvalue weighted by molar-refractivity contribution is 5.37. The van der Waals surface area contributed by atoms with Gasteiger partial charge in [0, 0.05) is 6.04 Å². The lowest BCUT2D eigenvalue weighted by Gasteiger charge is -2.16. The number of hydrogen-bond donors (Lipinski definition) is 2. The van der Waals surface area contributed by atoms with E-state index in [2.05, 4.69) is 0 Å². The number of aryl methyl sites for hydroxylation is 1. The van der Waals surface area contributed by atoms with Crippen molar-refractivity contribution in [2.24, 2.45) is 5.73 Å². The molecule has 0 aliphatic heterocycles. The number of aliphatic hydroxyl groups excluding tert-OH is 1. The molecule has 1 rings (SSSR count). The Morgan fingerprint density at radius 3 is 2.60 bits per heavy atom. The summed E-state index contributed by atoms with van der Waals surface area (Å²) in [5.74, 6) is 0.859. The van der Waals surface area contributed by atoms with Crippen molar-refractivity contribution in [2.45, 2.75) is 32.9 Å². The van der Waals surface area contributed by atoms with E-state index in [-0.39, 0.29) is 6.04 Å². The zero-order valence-corrected chi connectivity index (χ0v) is 9.53. The zero-order valence-electron chi connectivity index (χ0n) is 9.53. The van der Waals surface area contributed by atoms with Crippen LogP contribution in [-0.4, -0.2) is 17.8 Å². The predicted molar refractivity (Wildman–Crippen MR) is 61.0 cm³/mol. The standard InChI is InChI=1S/C12H19NO2/c1-4-15-11-6-5-10(7-8(11)2)12(14)9(3)13/h5-7,9,12,14H,4,13H2,1-3H3. The van der Waals surface area contributed by atoms with Gasteiger partial charge >= 0.3 is 0 Å². The highest BCUT2D eigenvalue weighted by Gasteiger charge is 2.13. The van der Waals surface area contributed by atoms with Crippen LogP contribution in [0.15, 0.2) is 18.2 Å². The smallest absolute Gasteiger partial charge is 0.122 e. The molecule has 0 spiro atoms. The van der Waals surface area contributed by atoms with Gasteiger partial charge in [-0.05, 0) is 44.0 Å². The lowest BCUT2D eigenvalue weighted by Crippen LogP contribution is -2.24. The van der Waals surface area contributed by atoms with E-state index >= 15 is 0 Å². The van der Waals surface area contributed by atoms with Crippen LogP contribution in [0.4, 0.5) is 0 Å². The van der Waals surface area contributed by atoms with E-state index < -0.39 is 6.10 Å². The van der Waals surface area contributed by atoms with E-state index in [1.54, 1.807) is 6.92 Å². The van der Waals surface area contributed by atoms with Gasteiger partial charge in [-0.3, -0.25) is 0 Å². The number of hydrogen-bond acceptors (Lipinski definition) is 3. The van der Waals surface area contributed by atoms with Crippen molar-refractivity contribution in [2.75, 3.05) is 6.61 Å². The number of aliphatic hydroxyl groups is 1. The van der Waals surface area contributed by atoms with E-state index in [1.807, 2.05) is 32.0 Å². The summed E-state index contributed by atoms with van der Waals surface area (Å²) in [6.07, 6.45) is -0.612. The summed E-state index contributed by atoms with van der Waals surface area (Å²) in [4.78, 5) is 0. The van der Waals surface area contributed by atoms with Crippen molar-refractivity contribution in [3.8, 4) is 5.75 Å². The molecule has 0 saturated carbocycles. The second-order valence-electron chi connectivity index (χ2n) is 3.76.